The van der Waals surface area contributed by atoms with Crippen molar-refractivity contribution >= 4 is 26.8 Å². The number of aryl methyl sites for hydroxylation is 1. The Morgan fingerprint density at radius 3 is 3.07 bits per heavy atom. The fourth-order valence-electron chi connectivity index (χ4n) is 1.55. The summed E-state index contributed by atoms with van der Waals surface area (Å²) in [4.78, 5) is 0. The smallest absolute Gasteiger partial charge is 0.0935 e. The lowest BCUT2D eigenvalue weighted by Crippen LogP contribution is -2.00. The molecule has 0 radical (unpaired) electrons. The van der Waals surface area contributed by atoms with Crippen molar-refractivity contribution in [3.8, 4) is 0 Å². The van der Waals surface area contributed by atoms with E-state index in [-0.39, 0.29) is 0 Å². The zero-order valence-electron chi connectivity index (χ0n) is 7.76. The minimum atomic E-state index is 0.713. The maximum atomic E-state index is 5.48. The highest BCUT2D eigenvalue weighted by molar-refractivity contribution is 9.10. The van der Waals surface area contributed by atoms with Gasteiger partial charge in [-0.25, -0.2) is 0 Å². The van der Waals surface area contributed by atoms with E-state index < -0.39 is 0 Å². The van der Waals surface area contributed by atoms with Crippen LogP contribution in [-0.4, -0.2) is 16.7 Å². The van der Waals surface area contributed by atoms with Gasteiger partial charge in [-0.05, 0) is 31.5 Å². The Labute approximate surface area is 90.8 Å². The normalized spacial score (nSPS) is 11.0. The quantitative estimate of drug-likeness (QED) is 0.882. The molecule has 3 nitrogen and oxygen atoms in total. The van der Waals surface area contributed by atoms with E-state index in [0.717, 1.165) is 28.5 Å². The zero-order chi connectivity index (χ0) is 9.97. The summed E-state index contributed by atoms with van der Waals surface area (Å²) in [6, 6.07) is 6.02. The van der Waals surface area contributed by atoms with Crippen LogP contribution in [0.25, 0.3) is 10.9 Å². The number of hydrogen-bond acceptors (Lipinski definition) is 2. The standard InChI is InChI=1S/C10H12BrN3/c11-7-3-1-4-8-10(7)9(14-13-8)5-2-6-12/h1,3-4H,2,5-6,12H2,(H,13,14). The van der Waals surface area contributed by atoms with Crippen molar-refractivity contribution in [3.63, 3.8) is 0 Å². The molecule has 1 heterocycles. The minimum Gasteiger partial charge on any atom is -0.330 e. The first-order valence-electron chi connectivity index (χ1n) is 4.64. The first-order valence-corrected chi connectivity index (χ1v) is 5.44. The fraction of sp³-hybridized carbons (Fsp3) is 0.300. The van der Waals surface area contributed by atoms with Gasteiger partial charge >= 0.3 is 0 Å². The second-order valence-corrected chi connectivity index (χ2v) is 4.08. The topological polar surface area (TPSA) is 54.7 Å². The SMILES string of the molecule is NCCCc1[nH]nc2cccc(Br)c12. The van der Waals surface area contributed by atoms with Crippen molar-refractivity contribution < 1.29 is 0 Å². The van der Waals surface area contributed by atoms with Crippen LogP contribution in [0.3, 0.4) is 0 Å². The molecule has 0 bridgehead atoms. The number of fused-ring (bicyclic) bond motifs is 1. The van der Waals surface area contributed by atoms with Crippen LogP contribution >= 0.6 is 15.9 Å². The number of hydrogen-bond donors (Lipinski definition) is 2. The molecule has 4 heteroatoms. The van der Waals surface area contributed by atoms with Gasteiger partial charge in [-0.2, -0.15) is 5.10 Å². The van der Waals surface area contributed by atoms with Gasteiger partial charge in [-0.15, -0.1) is 0 Å². The van der Waals surface area contributed by atoms with E-state index in [4.69, 9.17) is 5.73 Å². The summed E-state index contributed by atoms with van der Waals surface area (Å²) in [6.07, 6.45) is 1.94. The molecule has 0 saturated carbocycles. The largest absolute Gasteiger partial charge is 0.330 e. The minimum absolute atomic E-state index is 0.713. The maximum absolute atomic E-state index is 5.48. The van der Waals surface area contributed by atoms with Crippen LogP contribution < -0.4 is 5.73 Å². The van der Waals surface area contributed by atoms with Crippen LogP contribution in [0.5, 0.6) is 0 Å². The number of rotatable bonds is 3. The third-order valence-corrected chi connectivity index (χ3v) is 2.90. The van der Waals surface area contributed by atoms with Gasteiger partial charge < -0.3 is 5.73 Å². The van der Waals surface area contributed by atoms with Gasteiger partial charge in [-0.3, -0.25) is 5.10 Å². The molecular weight excluding hydrogens is 242 g/mol. The van der Waals surface area contributed by atoms with Gasteiger partial charge in [0.05, 0.1) is 5.52 Å². The number of nitrogens with zero attached hydrogens (tertiary/aromatic N) is 1. The molecule has 74 valence electrons. The highest BCUT2D eigenvalue weighted by Gasteiger charge is 2.07. The Hall–Kier alpha value is -0.870. The highest BCUT2D eigenvalue weighted by atomic mass is 79.9. The predicted octanol–water partition coefficient (Wildman–Crippen LogP) is 2.22. The van der Waals surface area contributed by atoms with Crippen molar-refractivity contribution in [2.75, 3.05) is 6.54 Å². The molecule has 2 rings (SSSR count). The average Bonchev–Trinajstić information content (AvgIpc) is 2.59. The van der Waals surface area contributed by atoms with Crippen LogP contribution in [0, 0.1) is 0 Å². The number of halogens is 1. The summed E-state index contributed by atoms with van der Waals surface area (Å²) in [5.41, 5.74) is 7.65. The highest BCUT2D eigenvalue weighted by Crippen LogP contribution is 2.25. The summed E-state index contributed by atoms with van der Waals surface area (Å²) in [5, 5.41) is 8.47. The lowest BCUT2D eigenvalue weighted by Gasteiger charge is -1.98. The maximum Gasteiger partial charge on any atom is 0.0935 e. The third-order valence-electron chi connectivity index (χ3n) is 2.24. The van der Waals surface area contributed by atoms with Gasteiger partial charge in [0.2, 0.25) is 0 Å². The molecule has 0 amide bonds. The Kier molecular flexibility index (Phi) is 2.84. The van der Waals surface area contributed by atoms with Gasteiger partial charge in [0.1, 0.15) is 0 Å². The number of nitrogens with two attached hydrogens (primary N) is 1. The lowest BCUT2D eigenvalue weighted by atomic mass is 10.1. The van der Waals surface area contributed by atoms with Crippen molar-refractivity contribution in [2.24, 2.45) is 5.73 Å². The van der Waals surface area contributed by atoms with E-state index in [1.54, 1.807) is 0 Å². The summed E-state index contributed by atoms with van der Waals surface area (Å²) in [7, 11) is 0. The van der Waals surface area contributed by atoms with E-state index in [9.17, 15) is 0 Å². The molecule has 3 N–H and O–H groups in total. The fourth-order valence-corrected chi connectivity index (χ4v) is 2.14. The van der Waals surface area contributed by atoms with Crippen LogP contribution in [0.15, 0.2) is 22.7 Å². The van der Waals surface area contributed by atoms with E-state index in [1.807, 2.05) is 18.2 Å². The first kappa shape index (κ1) is 9.68. The number of H-pyrrole nitrogens is 1. The molecule has 0 saturated heterocycles. The van der Waals surface area contributed by atoms with E-state index in [1.165, 1.54) is 5.39 Å². The second-order valence-electron chi connectivity index (χ2n) is 3.23. The summed E-state index contributed by atoms with van der Waals surface area (Å²) >= 11 is 3.53. The van der Waals surface area contributed by atoms with Crippen molar-refractivity contribution in [2.45, 2.75) is 12.8 Å². The second kappa shape index (κ2) is 4.11. The third kappa shape index (κ3) is 1.67. The molecule has 14 heavy (non-hydrogen) atoms. The Morgan fingerprint density at radius 1 is 1.43 bits per heavy atom. The van der Waals surface area contributed by atoms with Crippen molar-refractivity contribution in [3.05, 3.63) is 28.4 Å². The number of nitrogens with one attached hydrogen (secondary N) is 1. The van der Waals surface area contributed by atoms with Crippen LogP contribution in [0.1, 0.15) is 12.1 Å². The van der Waals surface area contributed by atoms with Gasteiger partial charge in [-0.1, -0.05) is 22.0 Å². The summed E-state index contributed by atoms with van der Waals surface area (Å²) < 4.78 is 1.09. The van der Waals surface area contributed by atoms with Gasteiger partial charge in [0, 0.05) is 15.6 Å². The Bertz CT molecular complexity index is 436. The molecule has 0 unspecified atom stereocenters. The van der Waals surface area contributed by atoms with Gasteiger partial charge in [0.15, 0.2) is 0 Å². The first-order chi connectivity index (χ1) is 6.83. The zero-order valence-corrected chi connectivity index (χ0v) is 9.34. The van der Waals surface area contributed by atoms with E-state index in [2.05, 4.69) is 26.1 Å². The molecule has 0 aliphatic heterocycles. The van der Waals surface area contributed by atoms with E-state index in [0.29, 0.717) is 6.54 Å². The molecule has 0 spiro atoms. The molecule has 1 aromatic carbocycles. The Balaban J connectivity index is 2.45. The average molecular weight is 254 g/mol. The molecule has 2 aromatic rings. The van der Waals surface area contributed by atoms with Gasteiger partial charge in [0.25, 0.3) is 0 Å². The molecular formula is C10H12BrN3. The van der Waals surface area contributed by atoms with Crippen LogP contribution in [0.2, 0.25) is 0 Å². The molecule has 0 aliphatic rings. The van der Waals surface area contributed by atoms with E-state index >= 15 is 0 Å². The predicted molar refractivity (Wildman–Crippen MR) is 61.2 cm³/mol. The number of aromatic amines is 1. The van der Waals surface area contributed by atoms with Crippen molar-refractivity contribution in [1.29, 1.82) is 0 Å². The Morgan fingerprint density at radius 2 is 2.29 bits per heavy atom. The number of aromatic nitrogens is 2. The number of benzene rings is 1. The summed E-state index contributed by atoms with van der Waals surface area (Å²) in [5.74, 6) is 0. The summed E-state index contributed by atoms with van der Waals surface area (Å²) in [6.45, 7) is 0.713. The lowest BCUT2D eigenvalue weighted by molar-refractivity contribution is 0.808. The molecule has 0 atom stereocenters. The van der Waals surface area contributed by atoms with Crippen molar-refractivity contribution in [1.82, 2.24) is 10.2 Å². The van der Waals surface area contributed by atoms with Crippen LogP contribution in [0.4, 0.5) is 0 Å². The molecule has 0 aliphatic carbocycles. The monoisotopic (exact) mass is 253 g/mol. The molecule has 0 fully saturated rings. The van der Waals surface area contributed by atoms with Crippen LogP contribution in [-0.2, 0) is 6.42 Å². The molecule has 1 aromatic heterocycles.